The molecule has 0 fully saturated rings. The van der Waals surface area contributed by atoms with Gasteiger partial charge in [-0.1, -0.05) is 35.1 Å². The molecule has 0 aliphatic carbocycles. The summed E-state index contributed by atoms with van der Waals surface area (Å²) >= 11 is 0. The number of nitrogens with zero attached hydrogens (tertiary/aromatic N) is 3. The Balaban J connectivity index is 2.13. The SMILES string of the molecule is [N-]=[N+]=C(Cc1ccccc1SSc1ccccn1)C(=O)[O-]. The number of carbonyl (C=O) groups is 1. The van der Waals surface area contributed by atoms with Crippen LogP contribution in [0.2, 0.25) is 0 Å². The zero-order valence-corrected chi connectivity index (χ0v) is 12.4. The van der Waals surface area contributed by atoms with Crippen molar-refractivity contribution in [3.63, 3.8) is 0 Å². The molecule has 7 heteroatoms. The minimum Gasteiger partial charge on any atom is -0.539 e. The van der Waals surface area contributed by atoms with Crippen LogP contribution in [0.15, 0.2) is 58.6 Å². The molecule has 2 aromatic rings. The van der Waals surface area contributed by atoms with Crippen LogP contribution in [0.4, 0.5) is 0 Å². The predicted molar refractivity (Wildman–Crippen MR) is 79.7 cm³/mol. The molecular weight excluding hydrogens is 306 g/mol. The molecular formula is C14H10N3O2S2-. The highest BCUT2D eigenvalue weighted by Crippen LogP contribution is 2.37. The van der Waals surface area contributed by atoms with Crippen molar-refractivity contribution >= 4 is 33.3 Å². The highest BCUT2D eigenvalue weighted by Gasteiger charge is 2.14. The van der Waals surface area contributed by atoms with E-state index in [0.29, 0.717) is 0 Å². The lowest BCUT2D eigenvalue weighted by Crippen LogP contribution is -2.33. The lowest BCUT2D eigenvalue weighted by molar-refractivity contribution is -0.297. The number of hydrogen-bond acceptors (Lipinski definition) is 5. The van der Waals surface area contributed by atoms with Gasteiger partial charge in [-0.3, -0.25) is 0 Å². The maximum atomic E-state index is 10.8. The molecule has 5 nitrogen and oxygen atoms in total. The summed E-state index contributed by atoms with van der Waals surface area (Å²) in [4.78, 5) is 18.7. The quantitative estimate of drug-likeness (QED) is 0.351. The number of rotatable bonds is 6. The van der Waals surface area contributed by atoms with Crippen LogP contribution in [0.1, 0.15) is 5.56 Å². The summed E-state index contributed by atoms with van der Waals surface area (Å²) < 4.78 is 0. The first kappa shape index (κ1) is 15.3. The van der Waals surface area contributed by atoms with Gasteiger partial charge in [0.1, 0.15) is 5.03 Å². The van der Waals surface area contributed by atoms with Crippen molar-refractivity contribution in [2.24, 2.45) is 0 Å². The van der Waals surface area contributed by atoms with E-state index in [1.165, 1.54) is 21.6 Å². The number of carbonyl (C=O) groups excluding carboxylic acids is 1. The van der Waals surface area contributed by atoms with Gasteiger partial charge < -0.3 is 15.4 Å². The number of hydrogen-bond donors (Lipinski definition) is 0. The Labute approximate surface area is 129 Å². The van der Waals surface area contributed by atoms with E-state index >= 15 is 0 Å². The largest absolute Gasteiger partial charge is 0.539 e. The van der Waals surface area contributed by atoms with Crippen molar-refractivity contribution in [3.05, 3.63) is 59.8 Å². The van der Waals surface area contributed by atoms with Gasteiger partial charge in [0.05, 0.1) is 6.42 Å². The minimum atomic E-state index is -1.48. The second-order valence-electron chi connectivity index (χ2n) is 3.95. The van der Waals surface area contributed by atoms with E-state index in [1.807, 2.05) is 30.3 Å². The third-order valence-electron chi connectivity index (χ3n) is 2.54. The fourth-order valence-electron chi connectivity index (χ4n) is 1.54. The van der Waals surface area contributed by atoms with Crippen LogP contribution < -0.4 is 5.11 Å². The Morgan fingerprint density at radius 1 is 1.19 bits per heavy atom. The van der Waals surface area contributed by atoms with E-state index in [-0.39, 0.29) is 6.42 Å². The fourth-order valence-corrected chi connectivity index (χ4v) is 3.65. The summed E-state index contributed by atoms with van der Waals surface area (Å²) in [6.07, 6.45) is 1.71. The molecule has 0 N–H and O–H groups in total. The zero-order chi connectivity index (χ0) is 15.1. The molecule has 0 saturated heterocycles. The Kier molecular flexibility index (Phi) is 5.57. The second kappa shape index (κ2) is 7.64. The topological polar surface area (TPSA) is 89.4 Å². The molecule has 0 aliphatic rings. The van der Waals surface area contributed by atoms with E-state index in [4.69, 9.17) is 5.53 Å². The molecule has 21 heavy (non-hydrogen) atoms. The normalized spacial score (nSPS) is 9.90. The molecule has 2 rings (SSSR count). The van der Waals surface area contributed by atoms with E-state index < -0.39 is 11.7 Å². The molecule has 106 valence electrons. The van der Waals surface area contributed by atoms with Crippen molar-refractivity contribution < 1.29 is 14.7 Å². The van der Waals surface area contributed by atoms with Crippen molar-refractivity contribution in [3.8, 4) is 0 Å². The van der Waals surface area contributed by atoms with Crippen LogP contribution in [-0.4, -0.2) is 21.5 Å². The summed E-state index contributed by atoms with van der Waals surface area (Å²) in [7, 11) is 2.94. The van der Waals surface area contributed by atoms with E-state index in [9.17, 15) is 9.90 Å². The third kappa shape index (κ3) is 4.46. The van der Waals surface area contributed by atoms with Gasteiger partial charge in [0.2, 0.25) is 0 Å². The summed E-state index contributed by atoms with van der Waals surface area (Å²) in [5.41, 5.74) is 9.06. The van der Waals surface area contributed by atoms with Crippen molar-refractivity contribution in [1.82, 2.24) is 4.98 Å². The van der Waals surface area contributed by atoms with Crippen LogP contribution in [0.3, 0.4) is 0 Å². The first-order valence-electron chi connectivity index (χ1n) is 5.96. The molecule has 0 radical (unpaired) electrons. The minimum absolute atomic E-state index is 0.00475. The first-order valence-corrected chi connectivity index (χ1v) is 8.11. The average molecular weight is 316 g/mol. The molecule has 0 spiro atoms. The molecule has 1 aromatic carbocycles. The number of carboxylic acid groups (broad SMARTS) is 1. The Hall–Kier alpha value is -2.08. The fraction of sp³-hybridized carbons (Fsp3) is 0.0714. The second-order valence-corrected chi connectivity index (χ2v) is 6.14. The maximum Gasteiger partial charge on any atom is 0.318 e. The molecule has 0 unspecified atom stereocenters. The number of carboxylic acids is 1. The van der Waals surface area contributed by atoms with Crippen molar-refractivity contribution in [1.29, 1.82) is 0 Å². The van der Waals surface area contributed by atoms with E-state index in [1.54, 1.807) is 18.3 Å². The molecule has 0 bridgehead atoms. The number of aromatic nitrogens is 1. The number of aliphatic carboxylic acids is 1. The average Bonchev–Trinajstić information content (AvgIpc) is 2.52. The van der Waals surface area contributed by atoms with E-state index in [2.05, 4.69) is 9.77 Å². The van der Waals surface area contributed by atoms with Gasteiger partial charge >= 0.3 is 5.71 Å². The summed E-state index contributed by atoms with van der Waals surface area (Å²) in [6.45, 7) is 0. The van der Waals surface area contributed by atoms with Crippen LogP contribution in [0.25, 0.3) is 5.53 Å². The molecule has 0 saturated carbocycles. The standard InChI is InChI=1S/C14H11N3O2S2/c15-17-11(14(18)19)9-10-5-1-2-6-12(10)20-21-13-7-3-4-8-16-13/h1-8H,9H2,(H,18,19)/p-1. The highest BCUT2D eigenvalue weighted by atomic mass is 33.1. The van der Waals surface area contributed by atoms with Crippen molar-refractivity contribution in [2.45, 2.75) is 16.3 Å². The molecule has 0 aliphatic heterocycles. The summed E-state index contributed by atoms with van der Waals surface area (Å²) in [6, 6.07) is 13.0. The Morgan fingerprint density at radius 3 is 2.62 bits per heavy atom. The highest BCUT2D eigenvalue weighted by molar-refractivity contribution is 8.76. The third-order valence-corrected chi connectivity index (χ3v) is 4.92. The van der Waals surface area contributed by atoms with Crippen LogP contribution >= 0.6 is 21.6 Å². The van der Waals surface area contributed by atoms with E-state index in [0.717, 1.165) is 15.5 Å². The Morgan fingerprint density at radius 2 is 1.95 bits per heavy atom. The molecule has 0 amide bonds. The summed E-state index contributed by atoms with van der Waals surface area (Å²) in [5, 5.41) is 11.7. The van der Waals surface area contributed by atoms with Gasteiger partial charge in [-0.25, -0.2) is 4.98 Å². The van der Waals surface area contributed by atoms with Crippen LogP contribution in [-0.2, 0) is 11.2 Å². The van der Waals surface area contributed by atoms with Gasteiger partial charge in [-0.2, -0.15) is 4.79 Å². The number of pyridine rings is 1. The zero-order valence-electron chi connectivity index (χ0n) is 10.8. The number of benzene rings is 1. The predicted octanol–water partition coefficient (Wildman–Crippen LogP) is 1.84. The van der Waals surface area contributed by atoms with Crippen LogP contribution in [0.5, 0.6) is 0 Å². The van der Waals surface area contributed by atoms with Crippen molar-refractivity contribution in [2.75, 3.05) is 0 Å². The lowest BCUT2D eigenvalue weighted by atomic mass is 10.1. The smallest absolute Gasteiger partial charge is 0.318 e. The van der Waals surface area contributed by atoms with Gasteiger partial charge in [0, 0.05) is 11.1 Å². The monoisotopic (exact) mass is 316 g/mol. The van der Waals surface area contributed by atoms with Gasteiger partial charge in [0.25, 0.3) is 0 Å². The first-order chi connectivity index (χ1) is 10.2. The molecule has 1 aromatic heterocycles. The Bertz CT molecular complexity index is 686. The summed E-state index contributed by atoms with van der Waals surface area (Å²) in [5.74, 6) is -1.48. The maximum absolute atomic E-state index is 10.8. The lowest BCUT2D eigenvalue weighted by Gasteiger charge is -2.06. The molecule has 1 heterocycles. The van der Waals surface area contributed by atoms with Gasteiger partial charge in [-0.05, 0) is 34.6 Å². The van der Waals surface area contributed by atoms with Gasteiger partial charge in [0.15, 0.2) is 5.97 Å². The van der Waals surface area contributed by atoms with Crippen LogP contribution in [0, 0.1) is 0 Å². The van der Waals surface area contributed by atoms with Gasteiger partial charge in [-0.15, -0.1) is 0 Å². The molecule has 0 atom stereocenters.